The molecule has 0 radical (unpaired) electrons. The Morgan fingerprint density at radius 1 is 1.29 bits per heavy atom. The smallest absolute Gasteiger partial charge is 0.257 e. The normalized spacial score (nSPS) is 29.1. The highest BCUT2D eigenvalue weighted by atomic mass is 32.1. The van der Waals surface area contributed by atoms with E-state index in [1.165, 1.54) is 57.1 Å². The van der Waals surface area contributed by atoms with Crippen molar-refractivity contribution in [1.29, 1.82) is 0 Å². The molecular weight excluding hydrogens is 321 g/mol. The summed E-state index contributed by atoms with van der Waals surface area (Å²) in [6.07, 6.45) is 10.6. The van der Waals surface area contributed by atoms with Gasteiger partial charge in [0, 0.05) is 12.0 Å². The minimum atomic E-state index is -0.220. The standard InChI is InChI=1S/C20H28FNOS/c1-2-4-15-7-10-20(11-8-15)12-9-18(20)23-19(24)22-14-16-5-3-6-17(21)13-16/h3,5-6,13,15,18H,2,4,7-12,14H2,1H3,(H,22,24)/t15?,18-,20?/m0/s1. The van der Waals surface area contributed by atoms with E-state index in [1.807, 2.05) is 6.07 Å². The second-order valence-corrected chi connectivity index (χ2v) is 7.88. The predicted octanol–water partition coefficient (Wildman–Crippen LogP) is 5.36. The molecule has 0 aliphatic heterocycles. The van der Waals surface area contributed by atoms with E-state index in [1.54, 1.807) is 6.07 Å². The van der Waals surface area contributed by atoms with Crippen molar-refractivity contribution >= 4 is 17.4 Å². The minimum absolute atomic E-state index is 0.220. The van der Waals surface area contributed by atoms with Crippen LogP contribution >= 0.6 is 12.2 Å². The number of ether oxygens (including phenoxy) is 1. The number of halogens is 1. The van der Waals surface area contributed by atoms with Crippen LogP contribution in [0.4, 0.5) is 4.39 Å². The van der Waals surface area contributed by atoms with Crippen LogP contribution in [0.25, 0.3) is 0 Å². The average Bonchev–Trinajstić information content (AvgIpc) is 2.58. The van der Waals surface area contributed by atoms with Gasteiger partial charge >= 0.3 is 0 Å². The second kappa shape index (κ2) is 7.81. The first-order valence-corrected chi connectivity index (χ1v) is 9.71. The molecule has 2 aliphatic rings. The molecule has 1 aromatic rings. The summed E-state index contributed by atoms with van der Waals surface area (Å²) >= 11 is 5.35. The molecule has 1 atom stereocenters. The van der Waals surface area contributed by atoms with Crippen LogP contribution in [0.2, 0.25) is 0 Å². The van der Waals surface area contributed by atoms with E-state index in [0.29, 0.717) is 17.1 Å². The van der Waals surface area contributed by atoms with Gasteiger partial charge in [0.15, 0.2) is 0 Å². The van der Waals surface area contributed by atoms with E-state index in [-0.39, 0.29) is 11.9 Å². The van der Waals surface area contributed by atoms with Gasteiger partial charge in [0.25, 0.3) is 5.17 Å². The molecule has 2 aliphatic carbocycles. The van der Waals surface area contributed by atoms with Crippen LogP contribution in [0.1, 0.15) is 63.9 Å². The van der Waals surface area contributed by atoms with Crippen molar-refractivity contribution in [3.05, 3.63) is 35.6 Å². The van der Waals surface area contributed by atoms with Gasteiger partial charge in [-0.05, 0) is 74.4 Å². The molecular formula is C20H28FNOS. The zero-order valence-corrected chi connectivity index (χ0v) is 15.3. The summed E-state index contributed by atoms with van der Waals surface area (Å²) in [7, 11) is 0. The van der Waals surface area contributed by atoms with E-state index in [9.17, 15) is 4.39 Å². The molecule has 0 amide bonds. The first-order chi connectivity index (χ1) is 11.6. The number of nitrogens with one attached hydrogen (secondary N) is 1. The van der Waals surface area contributed by atoms with Gasteiger partial charge in [0.2, 0.25) is 0 Å². The van der Waals surface area contributed by atoms with Crippen molar-refractivity contribution in [3.63, 3.8) is 0 Å². The van der Waals surface area contributed by atoms with Crippen molar-refractivity contribution < 1.29 is 9.13 Å². The lowest BCUT2D eigenvalue weighted by atomic mass is 9.57. The van der Waals surface area contributed by atoms with Crippen LogP contribution in [0.15, 0.2) is 24.3 Å². The monoisotopic (exact) mass is 349 g/mol. The number of benzene rings is 1. The molecule has 1 spiro atoms. The highest BCUT2D eigenvalue weighted by Crippen LogP contribution is 2.54. The predicted molar refractivity (Wildman–Crippen MR) is 99.2 cm³/mol. The quantitative estimate of drug-likeness (QED) is 0.724. The average molecular weight is 350 g/mol. The second-order valence-electron chi connectivity index (χ2n) is 7.51. The number of rotatable bonds is 5. The Kier molecular flexibility index (Phi) is 5.75. The van der Waals surface area contributed by atoms with Gasteiger partial charge in [-0.1, -0.05) is 31.9 Å². The first kappa shape index (κ1) is 17.7. The number of hydrogen-bond donors (Lipinski definition) is 1. The fourth-order valence-corrected chi connectivity index (χ4v) is 4.56. The molecule has 2 fully saturated rings. The van der Waals surface area contributed by atoms with Crippen LogP contribution in [-0.2, 0) is 11.3 Å². The Labute approximate surface area is 150 Å². The number of hydrogen-bond acceptors (Lipinski definition) is 2. The zero-order valence-electron chi connectivity index (χ0n) is 14.5. The largest absolute Gasteiger partial charge is 0.467 e. The van der Waals surface area contributed by atoms with E-state index >= 15 is 0 Å². The summed E-state index contributed by atoms with van der Waals surface area (Å²) in [5.74, 6) is 0.697. The van der Waals surface area contributed by atoms with Crippen molar-refractivity contribution in [2.75, 3.05) is 0 Å². The Balaban J connectivity index is 1.45. The fourth-order valence-electron chi connectivity index (χ4n) is 4.37. The van der Waals surface area contributed by atoms with Gasteiger partial charge in [-0.3, -0.25) is 0 Å². The molecule has 2 nitrogen and oxygen atoms in total. The molecule has 3 rings (SSSR count). The zero-order chi connectivity index (χ0) is 17.0. The summed E-state index contributed by atoms with van der Waals surface area (Å²) in [6, 6.07) is 6.57. The summed E-state index contributed by atoms with van der Waals surface area (Å²) in [4.78, 5) is 0. The maximum atomic E-state index is 13.2. The Morgan fingerprint density at radius 3 is 2.67 bits per heavy atom. The lowest BCUT2D eigenvalue weighted by molar-refractivity contribution is -0.0862. The molecule has 0 bridgehead atoms. The van der Waals surface area contributed by atoms with E-state index < -0.39 is 0 Å². The van der Waals surface area contributed by atoms with E-state index in [2.05, 4.69) is 12.2 Å². The third kappa shape index (κ3) is 4.08. The van der Waals surface area contributed by atoms with Gasteiger partial charge in [-0.25, -0.2) is 4.39 Å². The van der Waals surface area contributed by atoms with Crippen molar-refractivity contribution in [1.82, 2.24) is 5.32 Å². The van der Waals surface area contributed by atoms with Crippen LogP contribution in [-0.4, -0.2) is 11.3 Å². The van der Waals surface area contributed by atoms with Crippen LogP contribution in [0, 0.1) is 17.2 Å². The molecule has 0 saturated heterocycles. The molecule has 1 aromatic carbocycles. The molecule has 0 aromatic heterocycles. The van der Waals surface area contributed by atoms with Crippen LogP contribution in [0.5, 0.6) is 0 Å². The molecule has 4 heteroatoms. The highest BCUT2D eigenvalue weighted by molar-refractivity contribution is 7.80. The van der Waals surface area contributed by atoms with Gasteiger partial charge in [-0.15, -0.1) is 0 Å². The van der Waals surface area contributed by atoms with Crippen molar-refractivity contribution in [2.24, 2.45) is 11.3 Å². The molecule has 1 N–H and O–H groups in total. The molecule has 24 heavy (non-hydrogen) atoms. The summed E-state index contributed by atoms with van der Waals surface area (Å²) in [6.45, 7) is 2.79. The maximum absolute atomic E-state index is 13.2. The van der Waals surface area contributed by atoms with E-state index in [4.69, 9.17) is 17.0 Å². The third-order valence-corrected chi connectivity index (χ3v) is 6.20. The van der Waals surface area contributed by atoms with Crippen molar-refractivity contribution in [3.8, 4) is 0 Å². The molecule has 132 valence electrons. The first-order valence-electron chi connectivity index (χ1n) is 9.30. The lowest BCUT2D eigenvalue weighted by Crippen LogP contribution is -2.50. The Morgan fingerprint density at radius 2 is 2.04 bits per heavy atom. The maximum Gasteiger partial charge on any atom is 0.257 e. The fraction of sp³-hybridized carbons (Fsp3) is 0.650. The van der Waals surface area contributed by atoms with Gasteiger partial charge in [0.1, 0.15) is 11.9 Å². The van der Waals surface area contributed by atoms with Gasteiger partial charge in [-0.2, -0.15) is 0 Å². The molecule has 2 saturated carbocycles. The van der Waals surface area contributed by atoms with Gasteiger partial charge in [0.05, 0.1) is 0 Å². The highest BCUT2D eigenvalue weighted by Gasteiger charge is 2.50. The Bertz CT molecular complexity index is 569. The molecule has 0 unspecified atom stereocenters. The lowest BCUT2D eigenvalue weighted by Gasteiger charge is -2.52. The summed E-state index contributed by atoms with van der Waals surface area (Å²) < 4.78 is 19.3. The van der Waals surface area contributed by atoms with Crippen molar-refractivity contribution in [2.45, 2.75) is 70.9 Å². The minimum Gasteiger partial charge on any atom is -0.467 e. The van der Waals surface area contributed by atoms with Crippen LogP contribution in [0.3, 0.4) is 0 Å². The van der Waals surface area contributed by atoms with Crippen LogP contribution < -0.4 is 5.32 Å². The topological polar surface area (TPSA) is 21.3 Å². The number of thiocarbonyl (C=S) groups is 1. The Hall–Kier alpha value is -1.16. The van der Waals surface area contributed by atoms with Gasteiger partial charge < -0.3 is 10.1 Å². The summed E-state index contributed by atoms with van der Waals surface area (Å²) in [5.41, 5.74) is 1.25. The summed E-state index contributed by atoms with van der Waals surface area (Å²) in [5, 5.41) is 3.58. The van der Waals surface area contributed by atoms with E-state index in [0.717, 1.165) is 17.9 Å². The third-order valence-electron chi connectivity index (χ3n) is 5.96. The SMILES string of the molecule is CCCC1CCC2(CC1)CC[C@@H]2OC(=S)NCc1cccc(F)c1. The molecule has 0 heterocycles.